The van der Waals surface area contributed by atoms with Crippen molar-refractivity contribution in [3.05, 3.63) is 16.3 Å². The molecule has 6 nitrogen and oxygen atoms in total. The average molecular weight is 319 g/mol. The highest BCUT2D eigenvalue weighted by molar-refractivity contribution is 7.89. The number of ether oxygens (including phenoxy) is 1. The lowest BCUT2D eigenvalue weighted by molar-refractivity contribution is 0.0290. The average Bonchev–Trinajstić information content (AvgIpc) is 2.90. The van der Waals surface area contributed by atoms with Crippen molar-refractivity contribution >= 4 is 27.3 Å². The van der Waals surface area contributed by atoms with Crippen LogP contribution in [-0.2, 0) is 14.8 Å². The summed E-state index contributed by atoms with van der Waals surface area (Å²) in [5.41, 5.74) is 0. The van der Waals surface area contributed by atoms with Crippen molar-refractivity contribution in [3.8, 4) is 0 Å². The Bertz CT molecular complexity index is 572. The largest absolute Gasteiger partial charge is 0.477 e. The quantitative estimate of drug-likeness (QED) is 0.892. The summed E-state index contributed by atoms with van der Waals surface area (Å²) in [7, 11) is -3.59. The number of carboxylic acid groups (broad SMARTS) is 1. The lowest BCUT2D eigenvalue weighted by Gasteiger charge is -2.30. The van der Waals surface area contributed by atoms with Gasteiger partial charge in [-0.25, -0.2) is 13.2 Å². The van der Waals surface area contributed by atoms with E-state index in [0.29, 0.717) is 32.5 Å². The molecule has 0 aromatic carbocycles. The maximum absolute atomic E-state index is 12.4. The van der Waals surface area contributed by atoms with Crippen LogP contribution in [0.1, 0.15) is 29.4 Å². The van der Waals surface area contributed by atoms with Gasteiger partial charge in [-0.05, 0) is 25.8 Å². The molecule has 0 amide bonds. The first-order valence-corrected chi connectivity index (χ1v) is 8.70. The van der Waals surface area contributed by atoms with Gasteiger partial charge in [0.2, 0.25) is 10.0 Å². The van der Waals surface area contributed by atoms with E-state index < -0.39 is 16.0 Å². The second kappa shape index (κ2) is 6.21. The van der Waals surface area contributed by atoms with Gasteiger partial charge >= 0.3 is 5.97 Å². The highest BCUT2D eigenvalue weighted by Crippen LogP contribution is 2.25. The van der Waals surface area contributed by atoms with E-state index in [1.54, 1.807) is 0 Å². The van der Waals surface area contributed by atoms with Crippen LogP contribution in [0.2, 0.25) is 0 Å². The molecule has 2 heterocycles. The lowest BCUT2D eigenvalue weighted by atomic mass is 10.1. The second-order valence-electron chi connectivity index (χ2n) is 4.51. The predicted octanol–water partition coefficient (Wildman–Crippen LogP) is 1.64. The maximum atomic E-state index is 12.4. The first-order valence-electron chi connectivity index (χ1n) is 6.38. The zero-order valence-electron chi connectivity index (χ0n) is 11.1. The number of sulfonamides is 1. The highest BCUT2D eigenvalue weighted by atomic mass is 32.2. The standard InChI is InChI=1S/C12H17NO5S2/c1-2-18-9-3-5-13(6-4-9)20(16,17)10-7-11(12(14)15)19-8-10/h7-9H,2-6H2,1H3,(H,14,15). The molecule has 20 heavy (non-hydrogen) atoms. The van der Waals surface area contributed by atoms with Crippen LogP contribution in [-0.4, -0.2) is 49.6 Å². The Kier molecular flexibility index (Phi) is 4.79. The lowest BCUT2D eigenvalue weighted by Crippen LogP contribution is -2.40. The van der Waals surface area contributed by atoms with Gasteiger partial charge in [0.1, 0.15) is 4.88 Å². The Hall–Kier alpha value is -0.960. The molecule has 0 radical (unpaired) electrons. The van der Waals surface area contributed by atoms with Crippen LogP contribution in [0.3, 0.4) is 0 Å². The molecule has 1 N–H and O–H groups in total. The molecular weight excluding hydrogens is 302 g/mol. The van der Waals surface area contributed by atoms with Crippen LogP contribution in [0.4, 0.5) is 0 Å². The van der Waals surface area contributed by atoms with Gasteiger partial charge in [0.25, 0.3) is 0 Å². The molecule has 2 rings (SSSR count). The first kappa shape index (κ1) is 15.4. The number of thiophene rings is 1. The second-order valence-corrected chi connectivity index (χ2v) is 7.36. The van der Waals surface area contributed by atoms with Crippen molar-refractivity contribution in [3.63, 3.8) is 0 Å². The van der Waals surface area contributed by atoms with Crippen LogP contribution >= 0.6 is 11.3 Å². The summed E-state index contributed by atoms with van der Waals surface area (Å²) >= 11 is 0.927. The first-order chi connectivity index (χ1) is 9.45. The van der Waals surface area contributed by atoms with E-state index in [2.05, 4.69) is 0 Å². The molecule has 0 bridgehead atoms. The molecule has 0 aliphatic carbocycles. The van der Waals surface area contributed by atoms with Crippen LogP contribution in [0.5, 0.6) is 0 Å². The van der Waals surface area contributed by atoms with E-state index >= 15 is 0 Å². The van der Waals surface area contributed by atoms with Gasteiger partial charge in [0.15, 0.2) is 0 Å². The van der Waals surface area contributed by atoms with E-state index in [0.717, 1.165) is 11.3 Å². The van der Waals surface area contributed by atoms with E-state index in [4.69, 9.17) is 9.84 Å². The third kappa shape index (κ3) is 3.20. The number of piperidine rings is 1. The van der Waals surface area contributed by atoms with Gasteiger partial charge < -0.3 is 9.84 Å². The minimum Gasteiger partial charge on any atom is -0.477 e. The maximum Gasteiger partial charge on any atom is 0.345 e. The van der Waals surface area contributed by atoms with Gasteiger partial charge in [-0.15, -0.1) is 11.3 Å². The van der Waals surface area contributed by atoms with Gasteiger partial charge in [0.05, 0.1) is 11.0 Å². The van der Waals surface area contributed by atoms with Gasteiger partial charge in [0, 0.05) is 25.1 Å². The summed E-state index contributed by atoms with van der Waals surface area (Å²) in [5, 5.41) is 10.2. The zero-order valence-corrected chi connectivity index (χ0v) is 12.7. The molecule has 112 valence electrons. The molecule has 8 heteroatoms. The number of aromatic carboxylic acids is 1. The van der Waals surface area contributed by atoms with Crippen LogP contribution in [0.15, 0.2) is 16.3 Å². The number of rotatable bonds is 5. The molecule has 1 aliphatic rings. The van der Waals surface area contributed by atoms with Crippen LogP contribution in [0, 0.1) is 0 Å². The van der Waals surface area contributed by atoms with Gasteiger partial charge in [-0.2, -0.15) is 4.31 Å². The third-order valence-corrected chi connectivity index (χ3v) is 6.17. The Morgan fingerprint density at radius 1 is 1.50 bits per heavy atom. The molecule has 1 aromatic rings. The minimum absolute atomic E-state index is 0.0350. The smallest absolute Gasteiger partial charge is 0.345 e. The summed E-state index contributed by atoms with van der Waals surface area (Å²) in [6, 6.07) is 1.22. The number of hydrogen-bond donors (Lipinski definition) is 1. The van der Waals surface area contributed by atoms with Crippen molar-refractivity contribution in [1.82, 2.24) is 4.31 Å². The molecule has 1 aromatic heterocycles. The Morgan fingerprint density at radius 2 is 2.15 bits per heavy atom. The van der Waals surface area contributed by atoms with E-state index in [-0.39, 0.29) is 15.9 Å². The summed E-state index contributed by atoms with van der Waals surface area (Å²) in [4.78, 5) is 10.9. The van der Waals surface area contributed by atoms with Crippen LogP contribution in [0.25, 0.3) is 0 Å². The number of hydrogen-bond acceptors (Lipinski definition) is 5. The molecule has 1 saturated heterocycles. The topological polar surface area (TPSA) is 83.9 Å². The van der Waals surface area contributed by atoms with E-state index in [9.17, 15) is 13.2 Å². The van der Waals surface area contributed by atoms with Crippen molar-refractivity contribution in [1.29, 1.82) is 0 Å². The summed E-state index contributed by atoms with van der Waals surface area (Å²) in [6.07, 6.45) is 1.45. The molecule has 0 atom stereocenters. The summed E-state index contributed by atoms with van der Waals surface area (Å²) < 4.78 is 31.7. The van der Waals surface area contributed by atoms with Gasteiger partial charge in [-0.3, -0.25) is 0 Å². The number of carboxylic acids is 1. The SMILES string of the molecule is CCOC1CCN(S(=O)(=O)c2csc(C(=O)O)c2)CC1. The Morgan fingerprint density at radius 3 is 2.65 bits per heavy atom. The van der Waals surface area contributed by atoms with Crippen molar-refractivity contribution in [2.45, 2.75) is 30.8 Å². The molecule has 1 fully saturated rings. The Labute approximate surface area is 122 Å². The fourth-order valence-electron chi connectivity index (χ4n) is 2.19. The molecule has 0 saturated carbocycles. The van der Waals surface area contributed by atoms with Crippen molar-refractivity contribution in [2.75, 3.05) is 19.7 Å². The third-order valence-electron chi connectivity index (χ3n) is 3.23. The van der Waals surface area contributed by atoms with Crippen LogP contribution < -0.4 is 0 Å². The molecule has 0 spiro atoms. The zero-order chi connectivity index (χ0) is 14.8. The number of carbonyl (C=O) groups is 1. The highest BCUT2D eigenvalue weighted by Gasteiger charge is 2.30. The normalized spacial score (nSPS) is 18.2. The fraction of sp³-hybridized carbons (Fsp3) is 0.583. The molecule has 0 unspecified atom stereocenters. The minimum atomic E-state index is -3.59. The predicted molar refractivity (Wildman–Crippen MR) is 74.7 cm³/mol. The van der Waals surface area contributed by atoms with Gasteiger partial charge in [-0.1, -0.05) is 0 Å². The Balaban J connectivity index is 2.09. The number of nitrogens with zero attached hydrogens (tertiary/aromatic N) is 1. The fourth-order valence-corrected chi connectivity index (χ4v) is 4.76. The van der Waals surface area contributed by atoms with Crippen molar-refractivity contribution in [2.24, 2.45) is 0 Å². The molecular formula is C12H17NO5S2. The van der Waals surface area contributed by atoms with E-state index in [1.165, 1.54) is 15.8 Å². The summed E-state index contributed by atoms with van der Waals surface area (Å²) in [6.45, 7) is 3.36. The van der Waals surface area contributed by atoms with Crippen molar-refractivity contribution < 1.29 is 23.1 Å². The molecule has 1 aliphatic heterocycles. The monoisotopic (exact) mass is 319 g/mol. The van der Waals surface area contributed by atoms with E-state index in [1.807, 2.05) is 6.92 Å². The summed E-state index contributed by atoms with van der Waals surface area (Å²) in [5.74, 6) is -1.11.